The van der Waals surface area contributed by atoms with Gasteiger partial charge in [-0.1, -0.05) is 12.1 Å². The van der Waals surface area contributed by atoms with Gasteiger partial charge in [-0.05, 0) is 50.8 Å². The second-order valence-corrected chi connectivity index (χ2v) is 5.21. The molecule has 0 radical (unpaired) electrons. The molecule has 1 heterocycles. The molecule has 2 nitrogen and oxygen atoms in total. The van der Waals surface area contributed by atoms with Crippen molar-refractivity contribution in [2.75, 3.05) is 0 Å². The van der Waals surface area contributed by atoms with Crippen molar-refractivity contribution in [2.24, 2.45) is 0 Å². The van der Waals surface area contributed by atoms with Crippen LogP contribution in [0.4, 0.5) is 0 Å². The summed E-state index contributed by atoms with van der Waals surface area (Å²) in [6.45, 7) is 8.33. The van der Waals surface area contributed by atoms with Gasteiger partial charge in [0.25, 0.3) is 0 Å². The first kappa shape index (κ1) is 12.2. The number of aryl methyl sites for hydroxylation is 1. The Kier molecular flexibility index (Phi) is 3.25. The van der Waals surface area contributed by atoms with Gasteiger partial charge in [0.05, 0.1) is 6.10 Å². The van der Waals surface area contributed by atoms with E-state index in [2.05, 4.69) is 49.6 Å². The number of benzene rings is 1. The van der Waals surface area contributed by atoms with E-state index in [1.165, 1.54) is 22.2 Å². The molecule has 0 aliphatic rings. The van der Waals surface area contributed by atoms with Gasteiger partial charge in [0.1, 0.15) is 0 Å². The maximum absolute atomic E-state index is 9.58. The molecule has 0 amide bonds. The van der Waals surface area contributed by atoms with E-state index in [1.807, 2.05) is 6.92 Å². The van der Waals surface area contributed by atoms with Crippen molar-refractivity contribution in [3.63, 3.8) is 0 Å². The number of aliphatic hydroxyl groups is 1. The van der Waals surface area contributed by atoms with E-state index >= 15 is 0 Å². The fraction of sp³-hybridized carbons (Fsp3) is 0.467. The summed E-state index contributed by atoms with van der Waals surface area (Å²) in [7, 11) is 0. The summed E-state index contributed by atoms with van der Waals surface area (Å²) in [5, 5.41) is 10.8. The minimum Gasteiger partial charge on any atom is -0.393 e. The molecule has 0 saturated carbocycles. The van der Waals surface area contributed by atoms with Crippen molar-refractivity contribution in [3.8, 4) is 0 Å². The zero-order valence-electron chi connectivity index (χ0n) is 11.1. The molecule has 0 fully saturated rings. The first-order chi connectivity index (χ1) is 7.99. The predicted octanol–water partition coefficient (Wildman–Crippen LogP) is 3.45. The Hall–Kier alpha value is -1.28. The van der Waals surface area contributed by atoms with Gasteiger partial charge >= 0.3 is 0 Å². The summed E-state index contributed by atoms with van der Waals surface area (Å²) < 4.78 is 2.33. The number of hydrogen-bond acceptors (Lipinski definition) is 1. The van der Waals surface area contributed by atoms with Crippen molar-refractivity contribution < 1.29 is 5.11 Å². The van der Waals surface area contributed by atoms with Crippen LogP contribution >= 0.6 is 0 Å². The van der Waals surface area contributed by atoms with E-state index in [0.717, 1.165) is 0 Å². The van der Waals surface area contributed by atoms with Gasteiger partial charge in [0, 0.05) is 23.7 Å². The van der Waals surface area contributed by atoms with Crippen LogP contribution < -0.4 is 0 Å². The summed E-state index contributed by atoms with van der Waals surface area (Å²) in [5.74, 6) is 0. The Labute approximate surface area is 103 Å². The summed E-state index contributed by atoms with van der Waals surface area (Å²) in [4.78, 5) is 0. The Bertz CT molecular complexity index is 523. The van der Waals surface area contributed by atoms with Gasteiger partial charge < -0.3 is 9.67 Å². The van der Waals surface area contributed by atoms with Crippen LogP contribution in [0.1, 0.15) is 38.1 Å². The van der Waals surface area contributed by atoms with Gasteiger partial charge in [0.15, 0.2) is 0 Å². The zero-order valence-corrected chi connectivity index (χ0v) is 11.1. The molecular formula is C15H21NO. The SMILES string of the molecule is Cc1ccc2cc(CC(C)O)n(C(C)C)c2c1. The fourth-order valence-corrected chi connectivity index (χ4v) is 2.46. The van der Waals surface area contributed by atoms with Crippen LogP contribution in [0.3, 0.4) is 0 Å². The fourth-order valence-electron chi connectivity index (χ4n) is 2.46. The molecule has 2 heteroatoms. The molecule has 1 atom stereocenters. The average molecular weight is 231 g/mol. The summed E-state index contributed by atoms with van der Waals surface area (Å²) in [5.41, 5.74) is 3.77. The predicted molar refractivity (Wildman–Crippen MR) is 72.4 cm³/mol. The van der Waals surface area contributed by atoms with Crippen LogP contribution in [0, 0.1) is 6.92 Å². The van der Waals surface area contributed by atoms with Crippen LogP contribution in [0.25, 0.3) is 10.9 Å². The first-order valence-corrected chi connectivity index (χ1v) is 6.27. The smallest absolute Gasteiger partial charge is 0.0566 e. The first-order valence-electron chi connectivity index (χ1n) is 6.27. The van der Waals surface area contributed by atoms with Crippen LogP contribution in [-0.2, 0) is 6.42 Å². The quantitative estimate of drug-likeness (QED) is 0.860. The molecule has 0 saturated heterocycles. The molecule has 0 aliphatic heterocycles. The highest BCUT2D eigenvalue weighted by Crippen LogP contribution is 2.26. The highest BCUT2D eigenvalue weighted by atomic mass is 16.3. The highest BCUT2D eigenvalue weighted by Gasteiger charge is 2.12. The van der Waals surface area contributed by atoms with Gasteiger partial charge in [-0.25, -0.2) is 0 Å². The van der Waals surface area contributed by atoms with Gasteiger partial charge in [-0.2, -0.15) is 0 Å². The van der Waals surface area contributed by atoms with E-state index in [-0.39, 0.29) is 6.10 Å². The van der Waals surface area contributed by atoms with Crippen LogP contribution in [0.5, 0.6) is 0 Å². The molecule has 1 aromatic heterocycles. The largest absolute Gasteiger partial charge is 0.393 e. The third-order valence-electron chi connectivity index (χ3n) is 3.10. The van der Waals surface area contributed by atoms with Crippen LogP contribution in [-0.4, -0.2) is 15.8 Å². The Morgan fingerprint density at radius 1 is 1.18 bits per heavy atom. The van der Waals surface area contributed by atoms with E-state index in [1.54, 1.807) is 0 Å². The molecule has 2 rings (SSSR count). The maximum atomic E-state index is 9.58. The number of nitrogens with zero attached hydrogens (tertiary/aromatic N) is 1. The standard InChI is InChI=1S/C15H21NO/c1-10(2)16-14(8-12(4)17)9-13-6-5-11(3)7-15(13)16/h5-7,9-10,12,17H,8H2,1-4H3. The van der Waals surface area contributed by atoms with Crippen molar-refractivity contribution in [1.82, 2.24) is 4.57 Å². The molecule has 1 unspecified atom stereocenters. The van der Waals surface area contributed by atoms with Crippen LogP contribution in [0.15, 0.2) is 24.3 Å². The summed E-state index contributed by atoms with van der Waals surface area (Å²) in [6.07, 6.45) is 0.421. The monoisotopic (exact) mass is 231 g/mol. The number of hydrogen-bond donors (Lipinski definition) is 1. The normalized spacial score (nSPS) is 13.5. The minimum atomic E-state index is -0.294. The molecule has 17 heavy (non-hydrogen) atoms. The van der Waals surface area contributed by atoms with Crippen molar-refractivity contribution in [2.45, 2.75) is 46.3 Å². The number of aliphatic hydroxyl groups excluding tert-OH is 1. The third-order valence-corrected chi connectivity index (χ3v) is 3.10. The number of fused-ring (bicyclic) bond motifs is 1. The lowest BCUT2D eigenvalue weighted by atomic mass is 10.2. The Balaban J connectivity index is 2.63. The summed E-state index contributed by atoms with van der Waals surface area (Å²) >= 11 is 0. The average Bonchev–Trinajstić information content (AvgIpc) is 2.53. The minimum absolute atomic E-state index is 0.294. The Morgan fingerprint density at radius 3 is 2.47 bits per heavy atom. The molecule has 92 valence electrons. The molecule has 0 bridgehead atoms. The molecule has 0 spiro atoms. The van der Waals surface area contributed by atoms with Crippen molar-refractivity contribution in [1.29, 1.82) is 0 Å². The molecule has 2 aromatic rings. The highest BCUT2D eigenvalue weighted by molar-refractivity contribution is 5.82. The summed E-state index contributed by atoms with van der Waals surface area (Å²) in [6, 6.07) is 9.14. The molecular weight excluding hydrogens is 210 g/mol. The molecule has 1 N–H and O–H groups in total. The van der Waals surface area contributed by atoms with Crippen molar-refractivity contribution in [3.05, 3.63) is 35.5 Å². The van der Waals surface area contributed by atoms with Gasteiger partial charge in [-0.15, -0.1) is 0 Å². The van der Waals surface area contributed by atoms with E-state index in [4.69, 9.17) is 0 Å². The number of rotatable bonds is 3. The van der Waals surface area contributed by atoms with Gasteiger partial charge in [-0.3, -0.25) is 0 Å². The third kappa shape index (κ3) is 2.37. The molecule has 0 aliphatic carbocycles. The Morgan fingerprint density at radius 2 is 1.88 bits per heavy atom. The number of aromatic nitrogens is 1. The van der Waals surface area contributed by atoms with Gasteiger partial charge in [0.2, 0.25) is 0 Å². The van der Waals surface area contributed by atoms with E-state index in [0.29, 0.717) is 12.5 Å². The topological polar surface area (TPSA) is 25.2 Å². The zero-order chi connectivity index (χ0) is 12.6. The van der Waals surface area contributed by atoms with E-state index in [9.17, 15) is 5.11 Å². The second kappa shape index (κ2) is 4.53. The van der Waals surface area contributed by atoms with Crippen molar-refractivity contribution >= 4 is 10.9 Å². The lowest BCUT2D eigenvalue weighted by molar-refractivity contribution is 0.192. The van der Waals surface area contributed by atoms with Crippen LogP contribution in [0.2, 0.25) is 0 Å². The maximum Gasteiger partial charge on any atom is 0.0566 e. The lowest BCUT2D eigenvalue weighted by Gasteiger charge is -2.15. The second-order valence-electron chi connectivity index (χ2n) is 5.21. The lowest BCUT2D eigenvalue weighted by Crippen LogP contribution is -2.11. The van der Waals surface area contributed by atoms with E-state index < -0.39 is 0 Å². The molecule has 1 aromatic carbocycles.